The highest BCUT2D eigenvalue weighted by Gasteiger charge is 2.31. The molecule has 9 heteroatoms. The molecule has 2 heterocycles. The summed E-state index contributed by atoms with van der Waals surface area (Å²) in [5, 5.41) is 3.27. The van der Waals surface area contributed by atoms with Crippen molar-refractivity contribution >= 4 is 28.5 Å². The molecule has 1 unspecified atom stereocenters. The largest absolute Gasteiger partial charge is 0.454 e. The molecule has 1 aromatic heterocycles. The zero-order valence-corrected chi connectivity index (χ0v) is 22.9. The molecule has 1 atom stereocenters. The number of carbonyl (C=O) groups is 1. The monoisotopic (exact) mass is 555 g/mol. The summed E-state index contributed by atoms with van der Waals surface area (Å²) in [6.07, 6.45) is 11.4. The Kier molecular flexibility index (Phi) is 7.93. The van der Waals surface area contributed by atoms with Gasteiger partial charge in [-0.2, -0.15) is 0 Å². The number of benzene rings is 2. The van der Waals surface area contributed by atoms with E-state index in [1.54, 1.807) is 6.07 Å². The number of halogens is 2. The minimum absolute atomic E-state index is 0.0181. The lowest BCUT2D eigenvalue weighted by Crippen LogP contribution is -2.41. The molecule has 2 saturated carbocycles. The van der Waals surface area contributed by atoms with Gasteiger partial charge in [-0.05, 0) is 55.4 Å². The van der Waals surface area contributed by atoms with Gasteiger partial charge in [-0.1, -0.05) is 56.2 Å². The Morgan fingerprint density at radius 1 is 1.05 bits per heavy atom. The predicted octanol–water partition coefficient (Wildman–Crippen LogP) is 6.69. The molecule has 1 amide bonds. The smallest absolute Gasteiger partial charge is 0.247 e. The molecule has 1 N–H and O–H groups in total. The molecule has 3 aliphatic rings. The van der Waals surface area contributed by atoms with Crippen molar-refractivity contribution in [2.45, 2.75) is 82.9 Å². The molecule has 6 rings (SSSR count). The first-order chi connectivity index (χ1) is 19.1. The summed E-state index contributed by atoms with van der Waals surface area (Å²) in [6.45, 7) is 0.990. The van der Waals surface area contributed by atoms with E-state index in [2.05, 4.69) is 5.32 Å². The lowest BCUT2D eigenvalue weighted by Gasteiger charge is -2.28. The Bertz CT molecular complexity index is 1330. The van der Waals surface area contributed by atoms with Crippen molar-refractivity contribution < 1.29 is 23.4 Å². The lowest BCUT2D eigenvalue weighted by molar-refractivity contribution is -0.124. The van der Waals surface area contributed by atoms with E-state index in [1.165, 1.54) is 44.6 Å². The molecule has 0 spiro atoms. The summed E-state index contributed by atoms with van der Waals surface area (Å²) in [5.74, 6) is 1.63. The molecule has 7 nitrogen and oxygen atoms in total. The van der Waals surface area contributed by atoms with Crippen molar-refractivity contribution in [2.24, 2.45) is 5.92 Å². The normalized spacial score (nSPS) is 18.9. The van der Waals surface area contributed by atoms with Crippen molar-refractivity contribution in [3.05, 3.63) is 52.6 Å². The number of nitrogens with zero attached hydrogens (tertiary/aromatic N) is 2. The molecular formula is C30H35ClFN3O4. The maximum Gasteiger partial charge on any atom is 0.247 e. The van der Waals surface area contributed by atoms with E-state index in [0.717, 1.165) is 31.2 Å². The van der Waals surface area contributed by atoms with Gasteiger partial charge in [-0.3, -0.25) is 4.79 Å². The van der Waals surface area contributed by atoms with Crippen molar-refractivity contribution in [2.75, 3.05) is 13.4 Å². The highest BCUT2D eigenvalue weighted by molar-refractivity contribution is 6.31. The van der Waals surface area contributed by atoms with Crippen molar-refractivity contribution in [1.82, 2.24) is 14.9 Å². The fourth-order valence-corrected chi connectivity index (χ4v) is 6.39. The first kappa shape index (κ1) is 26.4. The van der Waals surface area contributed by atoms with Crippen LogP contribution >= 0.6 is 11.6 Å². The van der Waals surface area contributed by atoms with Crippen LogP contribution in [0.2, 0.25) is 5.02 Å². The molecule has 3 aromatic rings. The fraction of sp³-hybridized carbons (Fsp3) is 0.533. The quantitative estimate of drug-likeness (QED) is 0.335. The first-order valence-corrected chi connectivity index (χ1v) is 14.6. The second-order valence-electron chi connectivity index (χ2n) is 11.0. The van der Waals surface area contributed by atoms with Gasteiger partial charge in [0, 0.05) is 18.7 Å². The third kappa shape index (κ3) is 5.73. The number of rotatable bonds is 8. The molecule has 0 bridgehead atoms. The number of amides is 1. The van der Waals surface area contributed by atoms with Crippen LogP contribution in [0.4, 0.5) is 4.39 Å². The topological polar surface area (TPSA) is 74.6 Å². The Morgan fingerprint density at radius 2 is 1.79 bits per heavy atom. The van der Waals surface area contributed by atoms with Crippen LogP contribution in [-0.2, 0) is 16.1 Å². The Hall–Kier alpha value is -2.84. The molecule has 2 aliphatic carbocycles. The summed E-state index contributed by atoms with van der Waals surface area (Å²) in [7, 11) is 0. The van der Waals surface area contributed by atoms with Gasteiger partial charge < -0.3 is 24.1 Å². The highest BCUT2D eigenvalue weighted by atomic mass is 35.5. The van der Waals surface area contributed by atoms with Gasteiger partial charge in [-0.25, -0.2) is 9.37 Å². The highest BCUT2D eigenvalue weighted by Crippen LogP contribution is 2.37. The minimum Gasteiger partial charge on any atom is -0.454 e. The first-order valence-electron chi connectivity index (χ1n) is 14.2. The summed E-state index contributed by atoms with van der Waals surface area (Å²) in [6, 6.07) is 7.76. The van der Waals surface area contributed by atoms with Crippen LogP contribution in [0.15, 0.2) is 30.3 Å². The third-order valence-electron chi connectivity index (χ3n) is 8.28. The van der Waals surface area contributed by atoms with Gasteiger partial charge in [0.15, 0.2) is 11.5 Å². The van der Waals surface area contributed by atoms with Gasteiger partial charge >= 0.3 is 0 Å². The zero-order chi connectivity index (χ0) is 26.8. The van der Waals surface area contributed by atoms with Gasteiger partial charge in [0.05, 0.1) is 16.1 Å². The van der Waals surface area contributed by atoms with E-state index in [1.807, 2.05) is 22.8 Å². The predicted molar refractivity (Wildman–Crippen MR) is 147 cm³/mol. The number of aromatic nitrogens is 2. The van der Waals surface area contributed by atoms with Crippen molar-refractivity contribution in [1.29, 1.82) is 0 Å². The van der Waals surface area contributed by atoms with Crippen molar-refractivity contribution in [3.63, 3.8) is 0 Å². The molecule has 1 aliphatic heterocycles. The molecular weight excluding hydrogens is 521 g/mol. The molecule has 2 fully saturated rings. The van der Waals surface area contributed by atoms with E-state index in [4.69, 9.17) is 30.8 Å². The molecule has 39 heavy (non-hydrogen) atoms. The second kappa shape index (κ2) is 11.7. The van der Waals surface area contributed by atoms with Crippen LogP contribution < -0.4 is 14.8 Å². The van der Waals surface area contributed by atoms with Crippen LogP contribution in [0, 0.1) is 11.7 Å². The van der Waals surface area contributed by atoms with Crippen LogP contribution in [0.3, 0.4) is 0 Å². The summed E-state index contributed by atoms with van der Waals surface area (Å²) in [5.41, 5.74) is 1.74. The zero-order valence-electron chi connectivity index (χ0n) is 22.1. The van der Waals surface area contributed by atoms with Crippen LogP contribution in [0.1, 0.15) is 81.6 Å². The van der Waals surface area contributed by atoms with Gasteiger partial charge in [-0.15, -0.1) is 0 Å². The number of hydrogen-bond donors (Lipinski definition) is 1. The van der Waals surface area contributed by atoms with E-state index in [-0.39, 0.29) is 30.4 Å². The lowest BCUT2D eigenvalue weighted by atomic mass is 9.90. The number of fused-ring (bicyclic) bond motifs is 2. The number of hydrogen-bond acceptors (Lipinski definition) is 5. The SMILES string of the molecule is O=C(NC1CCCCC1)C(c1ccc2c(c1)OCO2)n1c(COCC2CCCCC2)nc2cc(F)c(Cl)cc21. The van der Waals surface area contributed by atoms with E-state index in [9.17, 15) is 9.18 Å². The Balaban J connectivity index is 1.39. The van der Waals surface area contributed by atoms with Gasteiger partial charge in [0.2, 0.25) is 12.7 Å². The average Bonchev–Trinajstić information content (AvgIpc) is 3.55. The molecule has 208 valence electrons. The molecule has 2 aromatic carbocycles. The molecule has 0 radical (unpaired) electrons. The Morgan fingerprint density at radius 3 is 2.59 bits per heavy atom. The van der Waals surface area contributed by atoms with Crippen LogP contribution in [-0.4, -0.2) is 34.9 Å². The number of nitrogens with one attached hydrogen (secondary N) is 1. The van der Waals surface area contributed by atoms with E-state index in [0.29, 0.717) is 40.9 Å². The van der Waals surface area contributed by atoms with Crippen molar-refractivity contribution in [3.8, 4) is 11.5 Å². The maximum atomic E-state index is 14.5. The Labute approximate surface area is 233 Å². The third-order valence-corrected chi connectivity index (χ3v) is 8.57. The molecule has 0 saturated heterocycles. The van der Waals surface area contributed by atoms with Gasteiger partial charge in [0.1, 0.15) is 24.3 Å². The number of ether oxygens (including phenoxy) is 3. The number of imidazole rings is 1. The van der Waals surface area contributed by atoms with Crippen LogP contribution in [0.5, 0.6) is 11.5 Å². The standard InChI is InChI=1S/C30H35ClFN3O4/c31-22-14-25-24(15-23(22)32)34-28(17-37-16-19-7-3-1-4-8-19)35(25)29(30(36)33-21-9-5-2-6-10-21)20-11-12-26-27(13-20)39-18-38-26/h11-15,19,21,29H,1-10,16-18H2,(H,33,36). The second-order valence-corrected chi connectivity index (χ2v) is 11.4. The average molecular weight is 556 g/mol. The van der Waals surface area contributed by atoms with Crippen LogP contribution in [0.25, 0.3) is 11.0 Å². The maximum absolute atomic E-state index is 14.5. The van der Waals surface area contributed by atoms with Gasteiger partial charge in [0.25, 0.3) is 0 Å². The minimum atomic E-state index is -0.777. The van der Waals surface area contributed by atoms with E-state index >= 15 is 0 Å². The number of carbonyl (C=O) groups excluding carboxylic acids is 1. The summed E-state index contributed by atoms with van der Waals surface area (Å²) in [4.78, 5) is 18.8. The fourth-order valence-electron chi connectivity index (χ4n) is 6.23. The van der Waals surface area contributed by atoms with E-state index < -0.39 is 11.9 Å². The summed E-state index contributed by atoms with van der Waals surface area (Å²) >= 11 is 6.25. The summed E-state index contributed by atoms with van der Waals surface area (Å²) < 4.78 is 33.7.